The number of anilines is 1. The Bertz CT molecular complexity index is 547. The molecule has 7 nitrogen and oxygen atoms in total. The Hall–Kier alpha value is -2.15. The SMILES string of the molecule is CN1CCCCC1CNc1cc(C(N)=O)ccc1[N+](=O)[O-]. The summed E-state index contributed by atoms with van der Waals surface area (Å²) >= 11 is 0. The largest absolute Gasteiger partial charge is 0.378 e. The van der Waals surface area contributed by atoms with E-state index in [1.165, 1.54) is 31.0 Å². The number of nitrogens with zero attached hydrogens (tertiary/aromatic N) is 2. The van der Waals surface area contributed by atoms with E-state index < -0.39 is 10.8 Å². The predicted molar refractivity (Wildman–Crippen MR) is 80.4 cm³/mol. The number of hydrogen-bond donors (Lipinski definition) is 2. The molecule has 1 unspecified atom stereocenters. The third-order valence-electron chi connectivity index (χ3n) is 3.93. The number of nitro benzene ring substituents is 1. The van der Waals surface area contributed by atoms with Crippen molar-refractivity contribution in [3.05, 3.63) is 33.9 Å². The molecule has 7 heteroatoms. The van der Waals surface area contributed by atoms with Gasteiger partial charge >= 0.3 is 0 Å². The number of carbonyl (C=O) groups is 1. The predicted octanol–water partition coefficient (Wildman–Crippen LogP) is 1.59. The summed E-state index contributed by atoms with van der Waals surface area (Å²) in [6, 6.07) is 4.48. The summed E-state index contributed by atoms with van der Waals surface area (Å²) in [5.41, 5.74) is 5.79. The monoisotopic (exact) mass is 292 g/mol. The Morgan fingerprint density at radius 3 is 2.90 bits per heavy atom. The van der Waals surface area contributed by atoms with Gasteiger partial charge in [-0.2, -0.15) is 0 Å². The fourth-order valence-electron chi connectivity index (χ4n) is 2.62. The summed E-state index contributed by atoms with van der Waals surface area (Å²) in [5, 5.41) is 14.2. The molecule has 0 saturated carbocycles. The maximum absolute atomic E-state index is 11.2. The normalized spacial score (nSPS) is 19.2. The second-order valence-corrected chi connectivity index (χ2v) is 5.36. The van der Waals surface area contributed by atoms with E-state index in [2.05, 4.69) is 17.3 Å². The number of likely N-dealkylation sites (tertiary alicyclic amines) is 1. The molecule has 1 aliphatic heterocycles. The van der Waals surface area contributed by atoms with Gasteiger partial charge in [-0.15, -0.1) is 0 Å². The maximum Gasteiger partial charge on any atom is 0.292 e. The highest BCUT2D eigenvalue weighted by Crippen LogP contribution is 2.26. The molecule has 0 radical (unpaired) electrons. The van der Waals surface area contributed by atoms with Crippen LogP contribution in [0.1, 0.15) is 29.6 Å². The minimum Gasteiger partial charge on any atom is -0.378 e. The summed E-state index contributed by atoms with van der Waals surface area (Å²) < 4.78 is 0. The topological polar surface area (TPSA) is 102 Å². The highest BCUT2D eigenvalue weighted by Gasteiger charge is 2.21. The zero-order valence-corrected chi connectivity index (χ0v) is 12.0. The van der Waals surface area contributed by atoms with Gasteiger partial charge in [0.25, 0.3) is 5.69 Å². The van der Waals surface area contributed by atoms with E-state index in [0.717, 1.165) is 13.0 Å². The molecule has 1 saturated heterocycles. The number of likely N-dealkylation sites (N-methyl/N-ethyl adjacent to an activating group) is 1. The third-order valence-corrected chi connectivity index (χ3v) is 3.93. The van der Waals surface area contributed by atoms with Gasteiger partial charge in [0.15, 0.2) is 0 Å². The van der Waals surface area contributed by atoms with Gasteiger partial charge in [-0.25, -0.2) is 0 Å². The fraction of sp³-hybridized carbons (Fsp3) is 0.500. The smallest absolute Gasteiger partial charge is 0.292 e. The Morgan fingerprint density at radius 2 is 2.29 bits per heavy atom. The summed E-state index contributed by atoms with van der Waals surface area (Å²) in [6.45, 7) is 1.65. The summed E-state index contributed by atoms with van der Waals surface area (Å²) in [7, 11) is 2.06. The molecular formula is C14H20N4O3. The minimum atomic E-state index is -0.595. The molecule has 0 bridgehead atoms. The van der Waals surface area contributed by atoms with E-state index in [9.17, 15) is 14.9 Å². The van der Waals surface area contributed by atoms with Crippen LogP contribution in [0, 0.1) is 10.1 Å². The lowest BCUT2D eigenvalue weighted by Gasteiger charge is -2.32. The van der Waals surface area contributed by atoms with Crippen molar-refractivity contribution >= 4 is 17.3 Å². The maximum atomic E-state index is 11.2. The third kappa shape index (κ3) is 3.69. The van der Waals surface area contributed by atoms with Gasteiger partial charge in [0.05, 0.1) is 4.92 Å². The van der Waals surface area contributed by atoms with Gasteiger partial charge in [0.2, 0.25) is 5.91 Å². The second-order valence-electron chi connectivity index (χ2n) is 5.36. The van der Waals surface area contributed by atoms with Crippen LogP contribution in [0.2, 0.25) is 0 Å². The highest BCUT2D eigenvalue weighted by atomic mass is 16.6. The zero-order chi connectivity index (χ0) is 15.4. The Kier molecular flexibility index (Phi) is 4.74. The minimum absolute atomic E-state index is 0.0431. The van der Waals surface area contributed by atoms with Crippen LogP contribution in [0.25, 0.3) is 0 Å². The Morgan fingerprint density at radius 1 is 1.52 bits per heavy atom. The molecule has 1 atom stereocenters. The van der Waals surface area contributed by atoms with E-state index in [0.29, 0.717) is 18.3 Å². The molecule has 1 aromatic rings. The van der Waals surface area contributed by atoms with E-state index in [-0.39, 0.29) is 11.3 Å². The number of rotatable bonds is 5. The highest BCUT2D eigenvalue weighted by molar-refractivity contribution is 5.94. The fourth-order valence-corrected chi connectivity index (χ4v) is 2.62. The van der Waals surface area contributed by atoms with Crippen molar-refractivity contribution in [1.29, 1.82) is 0 Å². The molecule has 0 aromatic heterocycles. The van der Waals surface area contributed by atoms with Crippen LogP contribution in [-0.2, 0) is 0 Å². The van der Waals surface area contributed by atoms with Gasteiger partial charge in [0.1, 0.15) is 5.69 Å². The molecule has 114 valence electrons. The number of nitro groups is 1. The van der Waals surface area contributed by atoms with Crippen LogP contribution < -0.4 is 11.1 Å². The van der Waals surface area contributed by atoms with E-state index in [1.807, 2.05) is 0 Å². The molecule has 0 aliphatic carbocycles. The number of amides is 1. The number of primary amides is 1. The molecule has 0 spiro atoms. The summed E-state index contributed by atoms with van der Waals surface area (Å²) in [6.07, 6.45) is 3.41. The average molecular weight is 292 g/mol. The van der Waals surface area contributed by atoms with Gasteiger partial charge < -0.3 is 16.0 Å². The number of hydrogen-bond acceptors (Lipinski definition) is 5. The van der Waals surface area contributed by atoms with Crippen LogP contribution in [0.5, 0.6) is 0 Å². The second kappa shape index (κ2) is 6.53. The molecule has 1 amide bonds. The van der Waals surface area contributed by atoms with Crippen molar-refractivity contribution in [2.75, 3.05) is 25.5 Å². The quantitative estimate of drug-likeness (QED) is 0.634. The number of nitrogens with two attached hydrogens (primary N) is 1. The van der Waals surface area contributed by atoms with Crippen molar-refractivity contribution < 1.29 is 9.72 Å². The first-order chi connectivity index (χ1) is 9.99. The lowest BCUT2D eigenvalue weighted by Crippen LogP contribution is -2.40. The first kappa shape index (κ1) is 15.2. The van der Waals surface area contributed by atoms with Gasteiger partial charge in [0, 0.05) is 24.2 Å². The van der Waals surface area contributed by atoms with Crippen molar-refractivity contribution in [2.24, 2.45) is 5.73 Å². The molecule has 2 rings (SSSR count). The molecule has 21 heavy (non-hydrogen) atoms. The lowest BCUT2D eigenvalue weighted by molar-refractivity contribution is -0.384. The Balaban J connectivity index is 2.14. The average Bonchev–Trinajstić information content (AvgIpc) is 2.46. The van der Waals surface area contributed by atoms with Gasteiger partial charge in [-0.05, 0) is 38.6 Å². The molecule has 1 aromatic carbocycles. The molecule has 1 heterocycles. The summed E-state index contributed by atoms with van der Waals surface area (Å²) in [5.74, 6) is -0.595. The standard InChI is InChI=1S/C14H20N4O3/c1-17-7-3-2-4-11(17)9-16-12-8-10(14(15)19)5-6-13(12)18(20)21/h5-6,8,11,16H,2-4,7,9H2,1H3,(H2,15,19). The van der Waals surface area contributed by atoms with Crippen molar-refractivity contribution in [3.8, 4) is 0 Å². The van der Waals surface area contributed by atoms with Crippen molar-refractivity contribution in [2.45, 2.75) is 25.3 Å². The van der Waals surface area contributed by atoms with Crippen LogP contribution in [0.15, 0.2) is 18.2 Å². The summed E-state index contributed by atoms with van der Waals surface area (Å²) in [4.78, 5) is 24.1. The van der Waals surface area contributed by atoms with Crippen LogP contribution in [0.3, 0.4) is 0 Å². The molecule has 3 N–H and O–H groups in total. The number of nitrogens with one attached hydrogen (secondary N) is 1. The van der Waals surface area contributed by atoms with E-state index in [4.69, 9.17) is 5.73 Å². The Labute approximate surface area is 123 Å². The van der Waals surface area contributed by atoms with E-state index >= 15 is 0 Å². The first-order valence-electron chi connectivity index (χ1n) is 7.01. The molecule has 1 aliphatic rings. The lowest BCUT2D eigenvalue weighted by atomic mass is 10.0. The van der Waals surface area contributed by atoms with Gasteiger partial charge in [-0.1, -0.05) is 6.42 Å². The van der Waals surface area contributed by atoms with Crippen LogP contribution in [0.4, 0.5) is 11.4 Å². The first-order valence-corrected chi connectivity index (χ1v) is 7.01. The van der Waals surface area contributed by atoms with Crippen molar-refractivity contribution in [3.63, 3.8) is 0 Å². The number of piperidine rings is 1. The number of carbonyl (C=O) groups excluding carboxylic acids is 1. The molecular weight excluding hydrogens is 272 g/mol. The molecule has 1 fully saturated rings. The van der Waals surface area contributed by atoms with Gasteiger partial charge in [-0.3, -0.25) is 14.9 Å². The van der Waals surface area contributed by atoms with E-state index in [1.54, 1.807) is 0 Å². The number of benzene rings is 1. The zero-order valence-electron chi connectivity index (χ0n) is 12.0. The van der Waals surface area contributed by atoms with Crippen LogP contribution >= 0.6 is 0 Å². The van der Waals surface area contributed by atoms with Crippen molar-refractivity contribution in [1.82, 2.24) is 4.90 Å². The van der Waals surface area contributed by atoms with Crippen LogP contribution in [-0.4, -0.2) is 41.9 Å².